The molecule has 2 aromatic rings. The van der Waals surface area contributed by atoms with Gasteiger partial charge in [-0.1, -0.05) is 13.8 Å². The minimum Gasteiger partial charge on any atom is -0.497 e. The van der Waals surface area contributed by atoms with E-state index in [1.54, 1.807) is 20.4 Å². The second-order valence-electron chi connectivity index (χ2n) is 8.04. The first-order valence-electron chi connectivity index (χ1n) is 9.93. The Labute approximate surface area is 172 Å². The van der Waals surface area contributed by atoms with Gasteiger partial charge in [-0.2, -0.15) is 0 Å². The minimum absolute atomic E-state index is 0.0858. The molecule has 7 heteroatoms. The van der Waals surface area contributed by atoms with Crippen molar-refractivity contribution in [2.75, 3.05) is 27.4 Å². The molecule has 0 spiro atoms. The molecule has 158 valence electrons. The van der Waals surface area contributed by atoms with Crippen LogP contribution in [0, 0.1) is 17.3 Å². The zero-order chi connectivity index (χ0) is 21.2. The van der Waals surface area contributed by atoms with E-state index in [9.17, 15) is 4.79 Å². The van der Waals surface area contributed by atoms with Gasteiger partial charge in [0, 0.05) is 32.1 Å². The van der Waals surface area contributed by atoms with Crippen molar-refractivity contribution >= 4 is 5.97 Å². The molecule has 1 fully saturated rings. The third-order valence-corrected chi connectivity index (χ3v) is 5.96. The Kier molecular flexibility index (Phi) is 6.17. The lowest BCUT2D eigenvalue weighted by molar-refractivity contribution is -0.145. The highest BCUT2D eigenvalue weighted by atomic mass is 16.5. The molecule has 1 aliphatic carbocycles. The number of nitrogens with one attached hydrogen (secondary N) is 1. The van der Waals surface area contributed by atoms with Crippen LogP contribution < -0.4 is 14.8 Å². The van der Waals surface area contributed by atoms with E-state index < -0.39 is 0 Å². The number of benzene rings is 1. The number of methoxy groups -OCH3 is 2. The number of aryl methyl sites for hydroxylation is 1. The summed E-state index contributed by atoms with van der Waals surface area (Å²) in [4.78, 5) is 16.8. The molecule has 1 aliphatic rings. The lowest BCUT2D eigenvalue weighted by Gasteiger charge is -2.21. The Morgan fingerprint density at radius 3 is 2.41 bits per heavy atom. The van der Waals surface area contributed by atoms with Gasteiger partial charge in [0.2, 0.25) is 0 Å². The minimum atomic E-state index is -0.168. The molecule has 0 radical (unpaired) electrons. The van der Waals surface area contributed by atoms with Gasteiger partial charge in [0.25, 0.3) is 0 Å². The number of aromatic nitrogens is 2. The lowest BCUT2D eigenvalue weighted by Crippen LogP contribution is -2.28. The molecule has 1 aromatic carbocycles. The predicted octanol–water partition coefficient (Wildman–Crippen LogP) is 2.95. The van der Waals surface area contributed by atoms with E-state index in [1.165, 1.54) is 0 Å². The summed E-state index contributed by atoms with van der Waals surface area (Å²) in [5.74, 6) is 2.33. The number of esters is 1. The SMILES string of the molecule is CCOC(=O)[C@@H]1[C@@H](CN[C@@H](c2cc(OC)cc(OC)c2)c2nccn2C)C1(C)C. The summed E-state index contributed by atoms with van der Waals surface area (Å²) in [7, 11) is 5.24. The highest BCUT2D eigenvalue weighted by Crippen LogP contribution is 2.58. The average Bonchev–Trinajstić information content (AvgIpc) is 3.00. The number of nitrogens with zero attached hydrogens (tertiary/aromatic N) is 2. The van der Waals surface area contributed by atoms with Gasteiger partial charge in [-0.25, -0.2) is 4.98 Å². The fourth-order valence-electron chi connectivity index (χ4n) is 4.08. The molecule has 7 nitrogen and oxygen atoms in total. The van der Waals surface area contributed by atoms with Crippen molar-refractivity contribution in [3.63, 3.8) is 0 Å². The van der Waals surface area contributed by atoms with Crippen molar-refractivity contribution in [2.24, 2.45) is 24.3 Å². The van der Waals surface area contributed by atoms with E-state index in [0.717, 1.165) is 22.9 Å². The molecule has 29 heavy (non-hydrogen) atoms. The van der Waals surface area contributed by atoms with Gasteiger partial charge in [-0.05, 0) is 36.0 Å². The highest BCUT2D eigenvalue weighted by Gasteiger charge is 2.62. The molecular formula is C22H31N3O4. The molecule has 1 saturated carbocycles. The fraction of sp³-hybridized carbons (Fsp3) is 0.545. The monoisotopic (exact) mass is 401 g/mol. The molecular weight excluding hydrogens is 370 g/mol. The summed E-state index contributed by atoms with van der Waals surface area (Å²) >= 11 is 0. The molecule has 1 aromatic heterocycles. The molecule has 3 rings (SSSR count). The van der Waals surface area contributed by atoms with Crippen LogP contribution in [0.25, 0.3) is 0 Å². The second kappa shape index (κ2) is 8.45. The Morgan fingerprint density at radius 2 is 1.90 bits per heavy atom. The fourth-order valence-corrected chi connectivity index (χ4v) is 4.08. The largest absolute Gasteiger partial charge is 0.497 e. The van der Waals surface area contributed by atoms with Gasteiger partial charge >= 0.3 is 5.97 Å². The standard InChI is InChI=1S/C22H31N3O4/c1-7-29-21(26)18-17(22(18,2)3)13-24-19(20-23-8-9-25(20)4)14-10-15(27-5)12-16(11-14)28-6/h8-12,17-19,24H,7,13H2,1-6H3/t17-,18+,19+/m1/s1. The van der Waals surface area contributed by atoms with Crippen molar-refractivity contribution < 1.29 is 19.0 Å². The number of carbonyl (C=O) groups is 1. The molecule has 1 heterocycles. The Balaban J connectivity index is 1.85. The molecule has 0 aliphatic heterocycles. The van der Waals surface area contributed by atoms with Crippen LogP contribution in [0.15, 0.2) is 30.6 Å². The predicted molar refractivity (Wildman–Crippen MR) is 110 cm³/mol. The molecule has 1 N–H and O–H groups in total. The van der Waals surface area contributed by atoms with E-state index in [-0.39, 0.29) is 29.3 Å². The summed E-state index contributed by atoms with van der Waals surface area (Å²) in [6, 6.07) is 5.64. The maximum absolute atomic E-state index is 12.3. The van der Waals surface area contributed by atoms with Gasteiger partial charge < -0.3 is 24.1 Å². The number of hydrogen-bond donors (Lipinski definition) is 1. The van der Waals surface area contributed by atoms with E-state index in [2.05, 4.69) is 24.1 Å². The summed E-state index contributed by atoms with van der Waals surface area (Å²) in [6.07, 6.45) is 3.70. The molecule has 0 unspecified atom stereocenters. The maximum atomic E-state index is 12.3. The zero-order valence-corrected chi connectivity index (χ0v) is 18.1. The van der Waals surface area contributed by atoms with Gasteiger partial charge in [0.05, 0.1) is 32.8 Å². The Bertz CT molecular complexity index is 839. The smallest absolute Gasteiger partial charge is 0.309 e. The summed E-state index contributed by atoms with van der Waals surface area (Å²) in [5, 5.41) is 3.62. The van der Waals surface area contributed by atoms with Crippen LogP contribution in [0.5, 0.6) is 11.5 Å². The number of hydrogen-bond acceptors (Lipinski definition) is 6. The Hall–Kier alpha value is -2.54. The molecule has 0 amide bonds. The lowest BCUT2D eigenvalue weighted by atomic mass is 10.0. The van der Waals surface area contributed by atoms with Gasteiger partial charge in [-0.15, -0.1) is 0 Å². The number of carbonyl (C=O) groups excluding carboxylic acids is 1. The first-order valence-corrected chi connectivity index (χ1v) is 9.93. The first-order chi connectivity index (χ1) is 13.8. The molecule has 0 bridgehead atoms. The van der Waals surface area contributed by atoms with Crippen molar-refractivity contribution in [2.45, 2.75) is 26.8 Å². The summed E-state index contributed by atoms with van der Waals surface area (Å²) < 4.78 is 18.1. The quantitative estimate of drug-likeness (QED) is 0.651. The summed E-state index contributed by atoms with van der Waals surface area (Å²) in [6.45, 7) is 7.16. The highest BCUT2D eigenvalue weighted by molar-refractivity contribution is 5.77. The van der Waals surface area contributed by atoms with Crippen LogP contribution in [0.3, 0.4) is 0 Å². The topological polar surface area (TPSA) is 74.6 Å². The number of rotatable bonds is 9. The molecule has 0 saturated heterocycles. The van der Waals surface area contributed by atoms with Crippen LogP contribution in [-0.2, 0) is 16.6 Å². The normalized spacial score (nSPS) is 20.8. The summed E-state index contributed by atoms with van der Waals surface area (Å²) in [5.41, 5.74) is 0.902. The van der Waals surface area contributed by atoms with E-state index in [0.29, 0.717) is 13.2 Å². The van der Waals surface area contributed by atoms with E-state index in [4.69, 9.17) is 14.2 Å². The zero-order valence-electron chi connectivity index (χ0n) is 18.1. The number of ether oxygens (including phenoxy) is 3. The van der Waals surface area contributed by atoms with Gasteiger partial charge in [0.15, 0.2) is 0 Å². The van der Waals surface area contributed by atoms with Crippen LogP contribution in [0.2, 0.25) is 0 Å². The maximum Gasteiger partial charge on any atom is 0.309 e. The van der Waals surface area contributed by atoms with Crippen molar-refractivity contribution in [1.29, 1.82) is 0 Å². The van der Waals surface area contributed by atoms with Crippen LogP contribution in [0.4, 0.5) is 0 Å². The van der Waals surface area contributed by atoms with Crippen LogP contribution >= 0.6 is 0 Å². The average molecular weight is 402 g/mol. The van der Waals surface area contributed by atoms with Crippen LogP contribution in [-0.4, -0.2) is 42.9 Å². The van der Waals surface area contributed by atoms with Crippen molar-refractivity contribution in [1.82, 2.24) is 14.9 Å². The van der Waals surface area contributed by atoms with E-state index >= 15 is 0 Å². The second-order valence-corrected chi connectivity index (χ2v) is 8.04. The van der Waals surface area contributed by atoms with Crippen molar-refractivity contribution in [3.8, 4) is 11.5 Å². The first kappa shape index (κ1) is 21.2. The van der Waals surface area contributed by atoms with Crippen LogP contribution in [0.1, 0.15) is 38.2 Å². The molecule has 3 atom stereocenters. The number of imidazole rings is 1. The van der Waals surface area contributed by atoms with E-state index in [1.807, 2.05) is 42.9 Å². The van der Waals surface area contributed by atoms with Gasteiger partial charge in [-0.3, -0.25) is 4.79 Å². The van der Waals surface area contributed by atoms with Gasteiger partial charge in [0.1, 0.15) is 17.3 Å². The third-order valence-electron chi connectivity index (χ3n) is 5.96. The van der Waals surface area contributed by atoms with Crippen molar-refractivity contribution in [3.05, 3.63) is 42.0 Å². The Morgan fingerprint density at radius 1 is 1.24 bits per heavy atom. The third kappa shape index (κ3) is 4.24.